The monoisotopic (exact) mass is 407 g/mol. The second kappa shape index (κ2) is 10.5. The summed E-state index contributed by atoms with van der Waals surface area (Å²) in [6.07, 6.45) is 2.37. The molecule has 142 valence electrons. The summed E-state index contributed by atoms with van der Waals surface area (Å²) in [6, 6.07) is 12.1. The van der Waals surface area contributed by atoms with E-state index in [1.807, 2.05) is 6.92 Å². The van der Waals surface area contributed by atoms with Crippen molar-refractivity contribution in [2.75, 3.05) is 6.61 Å². The van der Waals surface area contributed by atoms with Gasteiger partial charge >= 0.3 is 11.8 Å². The third-order valence-electron chi connectivity index (χ3n) is 3.39. The number of carbonyl (C=O) groups is 2. The van der Waals surface area contributed by atoms with Crippen molar-refractivity contribution in [3.05, 3.63) is 63.6 Å². The Morgan fingerprint density at radius 3 is 2.52 bits per heavy atom. The minimum atomic E-state index is -0.876. The van der Waals surface area contributed by atoms with Crippen molar-refractivity contribution in [2.24, 2.45) is 5.10 Å². The normalized spacial score (nSPS) is 10.6. The van der Waals surface area contributed by atoms with Crippen molar-refractivity contribution in [3.8, 4) is 5.75 Å². The van der Waals surface area contributed by atoms with Gasteiger partial charge in [-0.3, -0.25) is 9.59 Å². The molecule has 0 bridgehead atoms. The highest BCUT2D eigenvalue weighted by atomic mass is 35.5. The zero-order valence-corrected chi connectivity index (χ0v) is 16.2. The fraction of sp³-hybridized carbons (Fsp3) is 0.211. The molecule has 0 radical (unpaired) electrons. The van der Waals surface area contributed by atoms with Gasteiger partial charge in [0, 0.05) is 16.6 Å². The molecule has 2 amide bonds. The van der Waals surface area contributed by atoms with Gasteiger partial charge in [-0.25, -0.2) is 5.43 Å². The van der Waals surface area contributed by atoms with Gasteiger partial charge < -0.3 is 10.1 Å². The van der Waals surface area contributed by atoms with Crippen LogP contribution in [0.4, 0.5) is 0 Å². The first kappa shape index (κ1) is 20.7. The lowest BCUT2D eigenvalue weighted by molar-refractivity contribution is -0.139. The van der Waals surface area contributed by atoms with E-state index in [9.17, 15) is 9.59 Å². The Hall–Kier alpha value is -2.57. The number of hydrogen-bond acceptors (Lipinski definition) is 4. The van der Waals surface area contributed by atoms with Crippen LogP contribution >= 0.6 is 23.2 Å². The number of nitrogens with zero attached hydrogens (tertiary/aromatic N) is 1. The van der Waals surface area contributed by atoms with Crippen LogP contribution in [-0.2, 0) is 16.1 Å². The van der Waals surface area contributed by atoms with Gasteiger partial charge in [0.1, 0.15) is 5.75 Å². The number of amides is 2. The molecule has 8 heteroatoms. The van der Waals surface area contributed by atoms with E-state index in [1.54, 1.807) is 42.5 Å². The SMILES string of the molecule is CCCOc1ccc(C=NNC(=O)C(=O)NCc2ccc(Cl)cc2Cl)cc1. The molecule has 0 aliphatic heterocycles. The number of ether oxygens (including phenoxy) is 1. The maximum Gasteiger partial charge on any atom is 0.329 e. The third kappa shape index (κ3) is 6.92. The number of nitrogens with one attached hydrogen (secondary N) is 2. The van der Waals surface area contributed by atoms with Crippen LogP contribution in [-0.4, -0.2) is 24.6 Å². The number of carbonyl (C=O) groups excluding carboxylic acids is 2. The Bertz CT molecular complexity index is 823. The Labute approximate surface area is 167 Å². The van der Waals surface area contributed by atoms with Gasteiger partial charge in [-0.1, -0.05) is 36.2 Å². The highest BCUT2D eigenvalue weighted by Crippen LogP contribution is 2.20. The van der Waals surface area contributed by atoms with Gasteiger partial charge in [0.25, 0.3) is 0 Å². The van der Waals surface area contributed by atoms with E-state index in [4.69, 9.17) is 27.9 Å². The summed E-state index contributed by atoms with van der Waals surface area (Å²) in [7, 11) is 0. The van der Waals surface area contributed by atoms with Gasteiger partial charge in [-0.15, -0.1) is 0 Å². The molecule has 2 aromatic rings. The van der Waals surface area contributed by atoms with Crippen LogP contribution in [0.25, 0.3) is 0 Å². The first-order valence-corrected chi connectivity index (χ1v) is 9.03. The fourth-order valence-electron chi connectivity index (χ4n) is 2.01. The zero-order valence-electron chi connectivity index (χ0n) is 14.7. The van der Waals surface area contributed by atoms with Crippen LogP contribution < -0.4 is 15.5 Å². The van der Waals surface area contributed by atoms with Crippen molar-refractivity contribution in [1.29, 1.82) is 0 Å². The van der Waals surface area contributed by atoms with E-state index in [-0.39, 0.29) is 6.54 Å². The second-order valence-corrected chi connectivity index (χ2v) is 6.38. The van der Waals surface area contributed by atoms with E-state index in [1.165, 1.54) is 6.21 Å². The van der Waals surface area contributed by atoms with Crippen molar-refractivity contribution >= 4 is 41.2 Å². The fourth-order valence-corrected chi connectivity index (χ4v) is 2.48. The lowest BCUT2D eigenvalue weighted by atomic mass is 10.2. The number of rotatable bonds is 7. The van der Waals surface area contributed by atoms with Crippen LogP contribution in [0.3, 0.4) is 0 Å². The maximum absolute atomic E-state index is 11.8. The maximum atomic E-state index is 11.8. The van der Waals surface area contributed by atoms with Crippen molar-refractivity contribution in [1.82, 2.24) is 10.7 Å². The van der Waals surface area contributed by atoms with Crippen LogP contribution in [0.2, 0.25) is 10.0 Å². The summed E-state index contributed by atoms with van der Waals surface area (Å²) in [5.41, 5.74) is 3.58. The molecule has 0 aliphatic carbocycles. The Morgan fingerprint density at radius 2 is 1.85 bits per heavy atom. The van der Waals surface area contributed by atoms with Gasteiger partial charge in [-0.2, -0.15) is 5.10 Å². The predicted molar refractivity (Wildman–Crippen MR) is 106 cm³/mol. The molecule has 0 saturated heterocycles. The first-order valence-electron chi connectivity index (χ1n) is 8.27. The van der Waals surface area contributed by atoms with Crippen LogP contribution in [0.5, 0.6) is 5.75 Å². The molecule has 0 heterocycles. The summed E-state index contributed by atoms with van der Waals surface area (Å²) in [5.74, 6) is -0.931. The van der Waals surface area contributed by atoms with E-state index < -0.39 is 11.8 Å². The molecule has 0 aliphatic rings. The highest BCUT2D eigenvalue weighted by molar-refractivity contribution is 6.36. The van der Waals surface area contributed by atoms with Crippen molar-refractivity contribution in [3.63, 3.8) is 0 Å². The van der Waals surface area contributed by atoms with Gasteiger partial charge in [-0.05, 0) is 53.9 Å². The molecular weight excluding hydrogens is 389 g/mol. The smallest absolute Gasteiger partial charge is 0.329 e. The number of hydrogen-bond donors (Lipinski definition) is 2. The summed E-state index contributed by atoms with van der Waals surface area (Å²) < 4.78 is 5.48. The largest absolute Gasteiger partial charge is 0.494 e. The Balaban J connectivity index is 1.80. The quantitative estimate of drug-likeness (QED) is 0.418. The standard InChI is InChI=1S/C19H19Cl2N3O3/c1-2-9-27-16-7-3-13(4-8-16)11-23-24-19(26)18(25)22-12-14-5-6-15(20)10-17(14)21/h3-8,10-11H,2,9,12H2,1H3,(H,22,25)(H,24,26). The Morgan fingerprint density at radius 1 is 1.11 bits per heavy atom. The van der Waals surface area contributed by atoms with Gasteiger partial charge in [0.05, 0.1) is 12.8 Å². The van der Waals surface area contributed by atoms with Crippen molar-refractivity contribution < 1.29 is 14.3 Å². The van der Waals surface area contributed by atoms with E-state index in [0.29, 0.717) is 22.2 Å². The van der Waals surface area contributed by atoms with Gasteiger partial charge in [0.15, 0.2) is 0 Å². The molecule has 0 atom stereocenters. The average molecular weight is 408 g/mol. The molecule has 0 unspecified atom stereocenters. The lowest BCUT2D eigenvalue weighted by Gasteiger charge is -2.06. The minimum Gasteiger partial charge on any atom is -0.494 e. The highest BCUT2D eigenvalue weighted by Gasteiger charge is 2.12. The molecule has 27 heavy (non-hydrogen) atoms. The molecule has 2 N–H and O–H groups in total. The summed E-state index contributed by atoms with van der Waals surface area (Å²) in [5, 5.41) is 7.14. The molecule has 0 spiro atoms. The number of halogens is 2. The third-order valence-corrected chi connectivity index (χ3v) is 3.98. The number of hydrazone groups is 1. The van der Waals surface area contributed by atoms with E-state index >= 15 is 0 Å². The van der Waals surface area contributed by atoms with E-state index in [2.05, 4.69) is 15.8 Å². The number of benzene rings is 2. The minimum absolute atomic E-state index is 0.102. The van der Waals surface area contributed by atoms with Crippen LogP contribution in [0.15, 0.2) is 47.6 Å². The van der Waals surface area contributed by atoms with Crippen molar-refractivity contribution in [2.45, 2.75) is 19.9 Å². The van der Waals surface area contributed by atoms with Crippen LogP contribution in [0, 0.1) is 0 Å². The summed E-state index contributed by atoms with van der Waals surface area (Å²) in [4.78, 5) is 23.6. The van der Waals surface area contributed by atoms with E-state index in [0.717, 1.165) is 17.7 Å². The summed E-state index contributed by atoms with van der Waals surface area (Å²) in [6.45, 7) is 2.79. The second-order valence-electron chi connectivity index (χ2n) is 5.54. The molecule has 6 nitrogen and oxygen atoms in total. The molecule has 2 aromatic carbocycles. The topological polar surface area (TPSA) is 79.8 Å². The molecular formula is C19H19Cl2N3O3. The molecule has 0 fully saturated rings. The summed E-state index contributed by atoms with van der Waals surface area (Å²) >= 11 is 11.8. The molecule has 0 saturated carbocycles. The first-order chi connectivity index (χ1) is 13.0. The van der Waals surface area contributed by atoms with Crippen LogP contribution in [0.1, 0.15) is 24.5 Å². The Kier molecular flexibility index (Phi) is 8.10. The predicted octanol–water partition coefficient (Wildman–Crippen LogP) is 3.55. The zero-order chi connectivity index (χ0) is 19.6. The molecule has 0 aromatic heterocycles. The van der Waals surface area contributed by atoms with Gasteiger partial charge in [0.2, 0.25) is 0 Å². The lowest BCUT2D eigenvalue weighted by Crippen LogP contribution is -2.37. The average Bonchev–Trinajstić information content (AvgIpc) is 2.66. The molecule has 2 rings (SSSR count).